The van der Waals surface area contributed by atoms with Gasteiger partial charge >= 0.3 is 11.9 Å². The SMILES string of the molecule is C=CC(=O)O.CSCC[C@H](NCCCN(C)C)C(=O)O. The molecule has 0 aromatic carbocycles. The minimum Gasteiger partial charge on any atom is -0.480 e. The minimum atomic E-state index is -0.981. The molecule has 0 aliphatic rings. The van der Waals surface area contributed by atoms with E-state index in [-0.39, 0.29) is 6.04 Å². The van der Waals surface area contributed by atoms with E-state index < -0.39 is 11.9 Å². The summed E-state index contributed by atoms with van der Waals surface area (Å²) in [6, 6.07) is -0.389. The van der Waals surface area contributed by atoms with Crippen LogP contribution in [0.4, 0.5) is 0 Å². The quantitative estimate of drug-likeness (QED) is 0.409. The highest BCUT2D eigenvalue weighted by molar-refractivity contribution is 7.98. The second kappa shape index (κ2) is 14.4. The minimum absolute atomic E-state index is 0.389. The number of thioether (sulfide) groups is 1. The molecule has 0 saturated carbocycles. The fraction of sp³-hybridized carbons (Fsp3) is 0.692. The normalized spacial score (nSPS) is 11.4. The highest BCUT2D eigenvalue weighted by Gasteiger charge is 2.15. The van der Waals surface area contributed by atoms with Crippen molar-refractivity contribution < 1.29 is 19.8 Å². The smallest absolute Gasteiger partial charge is 0.327 e. The van der Waals surface area contributed by atoms with Gasteiger partial charge in [0.05, 0.1) is 0 Å². The molecule has 0 saturated heterocycles. The van der Waals surface area contributed by atoms with Crippen LogP contribution in [0.1, 0.15) is 12.8 Å². The molecule has 1 atom stereocenters. The van der Waals surface area contributed by atoms with Crippen molar-refractivity contribution in [1.29, 1.82) is 0 Å². The lowest BCUT2D eigenvalue weighted by molar-refractivity contribution is -0.139. The van der Waals surface area contributed by atoms with Crippen LogP contribution >= 0.6 is 11.8 Å². The predicted octanol–water partition coefficient (Wildman–Crippen LogP) is 0.991. The fourth-order valence-electron chi connectivity index (χ4n) is 1.22. The number of carboxylic acid groups (broad SMARTS) is 2. The first-order valence-corrected chi connectivity index (χ1v) is 7.69. The Morgan fingerprint density at radius 1 is 1.40 bits per heavy atom. The summed E-state index contributed by atoms with van der Waals surface area (Å²) >= 11 is 1.68. The van der Waals surface area contributed by atoms with E-state index in [2.05, 4.69) is 16.8 Å². The largest absolute Gasteiger partial charge is 0.480 e. The van der Waals surface area contributed by atoms with Crippen molar-refractivity contribution in [3.05, 3.63) is 12.7 Å². The summed E-state index contributed by atoms with van der Waals surface area (Å²) in [6.07, 6.45) is 4.50. The number of aliphatic carboxylic acids is 2. The lowest BCUT2D eigenvalue weighted by Gasteiger charge is -2.15. The third-order valence-corrected chi connectivity index (χ3v) is 2.90. The molecule has 0 heterocycles. The van der Waals surface area contributed by atoms with Crippen LogP contribution in [0.2, 0.25) is 0 Å². The van der Waals surface area contributed by atoms with E-state index in [1.807, 2.05) is 20.4 Å². The zero-order chi connectivity index (χ0) is 16.0. The van der Waals surface area contributed by atoms with Gasteiger partial charge in [0.15, 0.2) is 0 Å². The van der Waals surface area contributed by atoms with Crippen LogP contribution in [0, 0.1) is 0 Å². The Kier molecular flexibility index (Phi) is 15.3. The molecule has 0 fully saturated rings. The Morgan fingerprint density at radius 2 is 1.95 bits per heavy atom. The van der Waals surface area contributed by atoms with Crippen molar-refractivity contribution in [2.45, 2.75) is 18.9 Å². The molecule has 3 N–H and O–H groups in total. The van der Waals surface area contributed by atoms with Crippen LogP contribution in [0.3, 0.4) is 0 Å². The third kappa shape index (κ3) is 16.9. The average molecular weight is 306 g/mol. The molecular weight excluding hydrogens is 280 g/mol. The second-order valence-electron chi connectivity index (χ2n) is 4.33. The molecule has 0 aliphatic carbocycles. The van der Waals surface area contributed by atoms with Gasteiger partial charge in [0.2, 0.25) is 0 Å². The molecule has 20 heavy (non-hydrogen) atoms. The maximum absolute atomic E-state index is 10.9. The van der Waals surface area contributed by atoms with Crippen LogP contribution in [-0.2, 0) is 9.59 Å². The molecule has 0 aliphatic heterocycles. The van der Waals surface area contributed by atoms with Gasteiger partial charge in [-0.05, 0) is 52.0 Å². The maximum atomic E-state index is 10.9. The molecule has 118 valence electrons. The summed E-state index contributed by atoms with van der Waals surface area (Å²) in [7, 11) is 4.03. The molecule has 0 bridgehead atoms. The zero-order valence-electron chi connectivity index (χ0n) is 12.5. The molecule has 0 radical (unpaired) electrons. The lowest BCUT2D eigenvalue weighted by atomic mass is 10.2. The Balaban J connectivity index is 0. The van der Waals surface area contributed by atoms with Crippen LogP contribution in [0.15, 0.2) is 12.7 Å². The Morgan fingerprint density at radius 3 is 2.30 bits per heavy atom. The first kappa shape index (κ1) is 21.3. The van der Waals surface area contributed by atoms with Gasteiger partial charge in [0.25, 0.3) is 0 Å². The number of nitrogens with one attached hydrogen (secondary N) is 1. The van der Waals surface area contributed by atoms with E-state index in [0.29, 0.717) is 6.42 Å². The summed E-state index contributed by atoms with van der Waals surface area (Å²) in [5.74, 6) is -0.837. The Labute approximate surface area is 125 Å². The van der Waals surface area contributed by atoms with Crippen LogP contribution in [0.25, 0.3) is 0 Å². The van der Waals surface area contributed by atoms with Gasteiger partial charge in [-0.15, -0.1) is 0 Å². The summed E-state index contributed by atoms with van der Waals surface area (Å²) in [5.41, 5.74) is 0. The van der Waals surface area contributed by atoms with Crippen molar-refractivity contribution in [1.82, 2.24) is 10.2 Å². The maximum Gasteiger partial charge on any atom is 0.327 e. The first-order valence-electron chi connectivity index (χ1n) is 6.30. The molecule has 0 aromatic heterocycles. The summed E-state index contributed by atoms with van der Waals surface area (Å²) in [4.78, 5) is 22.2. The summed E-state index contributed by atoms with van der Waals surface area (Å²) < 4.78 is 0. The van der Waals surface area contributed by atoms with E-state index in [0.717, 1.165) is 31.3 Å². The van der Waals surface area contributed by atoms with Gasteiger partial charge in [-0.1, -0.05) is 6.58 Å². The molecule has 7 heteroatoms. The highest BCUT2D eigenvalue weighted by atomic mass is 32.2. The van der Waals surface area contributed by atoms with Crippen LogP contribution in [-0.4, -0.2) is 72.3 Å². The van der Waals surface area contributed by atoms with Crippen molar-refractivity contribution in [2.24, 2.45) is 0 Å². The number of hydrogen-bond acceptors (Lipinski definition) is 5. The van der Waals surface area contributed by atoms with Gasteiger partial charge in [-0.25, -0.2) is 4.79 Å². The predicted molar refractivity (Wildman–Crippen MR) is 83.4 cm³/mol. The molecule has 0 aromatic rings. The first-order chi connectivity index (χ1) is 9.34. The Bertz CT molecular complexity index is 286. The number of nitrogens with zero attached hydrogens (tertiary/aromatic N) is 1. The number of hydrogen-bond donors (Lipinski definition) is 3. The lowest BCUT2D eigenvalue weighted by Crippen LogP contribution is -2.38. The monoisotopic (exact) mass is 306 g/mol. The van der Waals surface area contributed by atoms with Gasteiger partial charge in [0.1, 0.15) is 6.04 Å². The van der Waals surface area contributed by atoms with E-state index in [4.69, 9.17) is 10.2 Å². The van der Waals surface area contributed by atoms with Gasteiger partial charge in [-0.3, -0.25) is 4.79 Å². The van der Waals surface area contributed by atoms with Crippen LogP contribution in [0.5, 0.6) is 0 Å². The molecule has 0 rings (SSSR count). The standard InChI is InChI=1S/C10H22N2O2S.C3H4O2/c1-12(2)7-4-6-11-9(10(13)14)5-8-15-3;1-2-3(4)5/h9,11H,4-8H2,1-3H3,(H,13,14);2H,1H2,(H,4,5)/t9-;/m0./s1. The number of carbonyl (C=O) groups is 2. The number of rotatable bonds is 10. The van der Waals surface area contributed by atoms with E-state index in [1.165, 1.54) is 0 Å². The van der Waals surface area contributed by atoms with Crippen LogP contribution < -0.4 is 5.32 Å². The Hall–Kier alpha value is -1.05. The zero-order valence-corrected chi connectivity index (χ0v) is 13.3. The fourth-order valence-corrected chi connectivity index (χ4v) is 1.69. The molecule has 0 spiro atoms. The highest BCUT2D eigenvalue weighted by Crippen LogP contribution is 2.01. The van der Waals surface area contributed by atoms with Crippen molar-refractivity contribution in [3.63, 3.8) is 0 Å². The molecule has 0 unspecified atom stereocenters. The van der Waals surface area contributed by atoms with Gasteiger partial charge in [0, 0.05) is 6.08 Å². The topological polar surface area (TPSA) is 89.9 Å². The molecule has 6 nitrogen and oxygen atoms in total. The summed E-state index contributed by atoms with van der Waals surface area (Å²) in [6.45, 7) is 4.72. The van der Waals surface area contributed by atoms with E-state index in [9.17, 15) is 9.59 Å². The number of carboxylic acids is 2. The molecule has 0 amide bonds. The van der Waals surface area contributed by atoms with Crippen molar-refractivity contribution >= 4 is 23.7 Å². The van der Waals surface area contributed by atoms with Gasteiger partial charge in [-0.2, -0.15) is 11.8 Å². The van der Waals surface area contributed by atoms with Gasteiger partial charge < -0.3 is 20.4 Å². The third-order valence-electron chi connectivity index (χ3n) is 2.26. The van der Waals surface area contributed by atoms with E-state index >= 15 is 0 Å². The summed E-state index contributed by atoms with van der Waals surface area (Å²) in [5, 5.41) is 19.6. The van der Waals surface area contributed by atoms with E-state index in [1.54, 1.807) is 11.8 Å². The van der Waals surface area contributed by atoms with Crippen molar-refractivity contribution in [3.8, 4) is 0 Å². The van der Waals surface area contributed by atoms with Crippen molar-refractivity contribution in [2.75, 3.05) is 39.2 Å². The second-order valence-corrected chi connectivity index (χ2v) is 5.31. The average Bonchev–Trinajstić information content (AvgIpc) is 2.37. The molecular formula is C13H26N2O4S.